The molecule has 0 aromatic carbocycles. The van der Waals surface area contributed by atoms with Gasteiger partial charge in [0.2, 0.25) is 5.75 Å². The van der Waals surface area contributed by atoms with Crippen molar-refractivity contribution >= 4 is 11.9 Å². The zero-order chi connectivity index (χ0) is 18.4. The normalized spacial score (nSPS) is 20.6. The van der Waals surface area contributed by atoms with Crippen LogP contribution in [0.25, 0.3) is 0 Å². The Kier molecular flexibility index (Phi) is 4.40. The molecule has 0 bridgehead atoms. The number of nitrogens with two attached hydrogens (primary N) is 1. The summed E-state index contributed by atoms with van der Waals surface area (Å²) in [6, 6.07) is 0.0648. The fourth-order valence-corrected chi connectivity index (χ4v) is 3.15. The molecule has 1 saturated heterocycles. The van der Waals surface area contributed by atoms with E-state index in [-0.39, 0.29) is 23.4 Å². The number of quaternary nitrogens is 1. The van der Waals surface area contributed by atoms with Crippen LogP contribution in [0.5, 0.6) is 5.75 Å². The molecule has 8 heteroatoms. The van der Waals surface area contributed by atoms with Gasteiger partial charge >= 0.3 is 11.5 Å². The van der Waals surface area contributed by atoms with Gasteiger partial charge in [0.15, 0.2) is 11.5 Å². The average Bonchev–Trinajstić information content (AvgIpc) is 3.06. The van der Waals surface area contributed by atoms with Crippen LogP contribution in [-0.2, 0) is 11.3 Å². The summed E-state index contributed by atoms with van der Waals surface area (Å²) in [5.41, 5.74) is -1.30. The van der Waals surface area contributed by atoms with Gasteiger partial charge < -0.3 is 19.5 Å². The molecule has 1 fully saturated rings. The fourth-order valence-electron chi connectivity index (χ4n) is 3.15. The summed E-state index contributed by atoms with van der Waals surface area (Å²) >= 11 is 0. The number of nitrogens with zero attached hydrogens (tertiary/aromatic N) is 3. The molecule has 1 atom stereocenters. The van der Waals surface area contributed by atoms with Gasteiger partial charge in [0.05, 0.1) is 12.0 Å². The van der Waals surface area contributed by atoms with Gasteiger partial charge in [0.1, 0.15) is 6.04 Å². The number of ether oxygens (including phenoxy) is 1. The Hall–Kier alpha value is -2.22. The summed E-state index contributed by atoms with van der Waals surface area (Å²) in [6.07, 6.45) is 1.96. The van der Waals surface area contributed by atoms with E-state index in [1.54, 1.807) is 32.4 Å². The Bertz CT molecular complexity index is 772. The van der Waals surface area contributed by atoms with E-state index in [1.807, 2.05) is 0 Å². The number of carbonyl (C=O) groups is 2. The second-order valence-electron chi connectivity index (χ2n) is 7.74. The van der Waals surface area contributed by atoms with Crippen LogP contribution in [0.1, 0.15) is 56.0 Å². The van der Waals surface area contributed by atoms with E-state index in [0.29, 0.717) is 18.9 Å². The molecule has 2 aliphatic heterocycles. The van der Waals surface area contributed by atoms with Crippen molar-refractivity contribution in [1.82, 2.24) is 14.5 Å². The molecule has 1 aromatic rings. The van der Waals surface area contributed by atoms with E-state index in [2.05, 4.69) is 10.3 Å². The molecule has 1 aromatic heterocycles. The van der Waals surface area contributed by atoms with Gasteiger partial charge in [-0.3, -0.25) is 14.4 Å². The van der Waals surface area contributed by atoms with Crippen LogP contribution in [-0.4, -0.2) is 46.5 Å². The third kappa shape index (κ3) is 3.18. The van der Waals surface area contributed by atoms with E-state index in [1.165, 1.54) is 4.90 Å². The predicted molar refractivity (Wildman–Crippen MR) is 89.3 cm³/mol. The molecule has 2 aliphatic rings. The van der Waals surface area contributed by atoms with Crippen molar-refractivity contribution in [2.24, 2.45) is 5.41 Å². The highest BCUT2D eigenvalue weighted by Crippen LogP contribution is 2.26. The molecule has 8 nitrogen and oxygen atoms in total. The second kappa shape index (κ2) is 6.25. The lowest BCUT2D eigenvalue weighted by atomic mass is 9.97. The van der Waals surface area contributed by atoms with Crippen LogP contribution in [0.4, 0.5) is 0 Å². The van der Waals surface area contributed by atoms with Crippen molar-refractivity contribution in [3.05, 3.63) is 21.9 Å². The molecule has 25 heavy (non-hydrogen) atoms. The van der Waals surface area contributed by atoms with E-state index >= 15 is 0 Å². The highest BCUT2D eigenvalue weighted by molar-refractivity contribution is 5.96. The van der Waals surface area contributed by atoms with Crippen molar-refractivity contribution in [3.8, 4) is 5.75 Å². The number of carbonyl (C=O) groups excluding carboxylic acids is 2. The summed E-state index contributed by atoms with van der Waals surface area (Å²) < 4.78 is 7.12. The third-order valence-electron chi connectivity index (χ3n) is 4.69. The fraction of sp³-hybridized carbons (Fsp3) is 0.647. The molecule has 1 unspecified atom stereocenters. The lowest BCUT2D eigenvalue weighted by Crippen LogP contribution is -2.82. The van der Waals surface area contributed by atoms with Gasteiger partial charge in [-0.1, -0.05) is 0 Å². The van der Waals surface area contributed by atoms with E-state index in [0.717, 1.165) is 19.4 Å². The van der Waals surface area contributed by atoms with Crippen LogP contribution >= 0.6 is 0 Å². The van der Waals surface area contributed by atoms with Gasteiger partial charge in [-0.05, 0) is 20.8 Å². The molecule has 0 saturated carbocycles. The quantitative estimate of drug-likeness (QED) is 0.738. The van der Waals surface area contributed by atoms with Crippen molar-refractivity contribution in [2.45, 2.75) is 46.2 Å². The molecule has 0 radical (unpaired) electrons. The van der Waals surface area contributed by atoms with E-state index < -0.39 is 16.9 Å². The molecule has 3 rings (SSSR count). The maximum Gasteiger partial charge on any atom is 0.317 e. The minimum atomic E-state index is -0.786. The maximum absolute atomic E-state index is 12.7. The number of rotatable bonds is 2. The monoisotopic (exact) mass is 349 g/mol. The summed E-state index contributed by atoms with van der Waals surface area (Å²) in [5.74, 6) is -0.523. The van der Waals surface area contributed by atoms with Gasteiger partial charge in [-0.2, -0.15) is 4.98 Å². The molecule has 0 aliphatic carbocycles. The van der Waals surface area contributed by atoms with Crippen LogP contribution in [0.15, 0.2) is 4.79 Å². The molecule has 0 spiro atoms. The zero-order valence-corrected chi connectivity index (χ0v) is 15.2. The Morgan fingerprint density at radius 2 is 2.00 bits per heavy atom. The Morgan fingerprint density at radius 1 is 1.28 bits per heavy atom. The summed E-state index contributed by atoms with van der Waals surface area (Å²) in [7, 11) is 1.67. The predicted octanol–water partition coefficient (Wildman–Crippen LogP) is -0.321. The smallest absolute Gasteiger partial charge is 0.317 e. The molecule has 1 amide bonds. The number of likely N-dealkylation sites (N-methyl/N-ethyl adjacent to an activating group) is 1. The van der Waals surface area contributed by atoms with Gasteiger partial charge in [-0.15, -0.1) is 0 Å². The SMILES string of the molecule is CN1CCn2c(C3CCC[NH2+]3)nc(=O)c(OC(=O)C(C)(C)C)c2C1=O. The van der Waals surface area contributed by atoms with Crippen molar-refractivity contribution < 1.29 is 19.6 Å². The summed E-state index contributed by atoms with van der Waals surface area (Å²) in [5, 5.41) is 2.14. The number of hydrogen-bond acceptors (Lipinski definition) is 5. The number of esters is 1. The third-order valence-corrected chi connectivity index (χ3v) is 4.69. The summed E-state index contributed by atoms with van der Waals surface area (Å²) in [4.78, 5) is 43.3. The lowest BCUT2D eigenvalue weighted by Gasteiger charge is -2.30. The highest BCUT2D eigenvalue weighted by Gasteiger charge is 2.36. The first-order valence-corrected chi connectivity index (χ1v) is 8.66. The maximum atomic E-state index is 12.7. The topological polar surface area (TPSA) is 98.1 Å². The van der Waals surface area contributed by atoms with E-state index in [9.17, 15) is 14.4 Å². The first kappa shape index (κ1) is 17.6. The number of amides is 1. The Balaban J connectivity index is 2.14. The molecule has 2 N–H and O–H groups in total. The molecule has 3 heterocycles. The Labute approximate surface area is 146 Å². The van der Waals surface area contributed by atoms with Gasteiger partial charge in [0, 0.05) is 33.0 Å². The largest absolute Gasteiger partial charge is 0.418 e. The minimum absolute atomic E-state index is 0.0648. The van der Waals surface area contributed by atoms with Crippen LogP contribution in [0.2, 0.25) is 0 Å². The number of fused-ring (bicyclic) bond motifs is 1. The van der Waals surface area contributed by atoms with E-state index in [4.69, 9.17) is 4.74 Å². The first-order valence-electron chi connectivity index (χ1n) is 8.66. The van der Waals surface area contributed by atoms with Crippen LogP contribution in [0, 0.1) is 5.41 Å². The number of aromatic nitrogens is 2. The van der Waals surface area contributed by atoms with Crippen molar-refractivity contribution in [3.63, 3.8) is 0 Å². The molecule has 136 valence electrons. The molecular formula is C17H25N4O4+. The minimum Gasteiger partial charge on any atom is -0.418 e. The zero-order valence-electron chi connectivity index (χ0n) is 15.2. The van der Waals surface area contributed by atoms with Gasteiger partial charge in [0.25, 0.3) is 5.91 Å². The summed E-state index contributed by atoms with van der Waals surface area (Å²) in [6.45, 7) is 7.13. The average molecular weight is 349 g/mol. The standard InChI is InChI=1S/C17H24N4O4/c1-17(2,3)16(24)25-12-11-15(23)20(4)8-9-21(11)13(19-14(12)22)10-6-5-7-18-10/h10,18H,5-9H2,1-4H3/p+1. The van der Waals surface area contributed by atoms with Crippen LogP contribution < -0.4 is 15.6 Å². The Morgan fingerprint density at radius 3 is 2.60 bits per heavy atom. The first-order chi connectivity index (χ1) is 11.7. The highest BCUT2D eigenvalue weighted by atomic mass is 16.5. The van der Waals surface area contributed by atoms with Crippen LogP contribution in [0.3, 0.4) is 0 Å². The lowest BCUT2D eigenvalue weighted by molar-refractivity contribution is -0.677. The second-order valence-corrected chi connectivity index (χ2v) is 7.74. The van der Waals surface area contributed by atoms with Crippen molar-refractivity contribution in [2.75, 3.05) is 20.1 Å². The molecular weight excluding hydrogens is 324 g/mol. The van der Waals surface area contributed by atoms with Gasteiger partial charge in [-0.25, -0.2) is 0 Å². The number of hydrogen-bond donors (Lipinski definition) is 1. The van der Waals surface area contributed by atoms with Crippen molar-refractivity contribution in [1.29, 1.82) is 0 Å².